The third-order valence-corrected chi connectivity index (χ3v) is 5.45. The number of halogens is 5. The molecule has 0 amide bonds. The highest BCUT2D eigenvalue weighted by molar-refractivity contribution is 5.94. The fourth-order valence-electron chi connectivity index (χ4n) is 3.79. The van der Waals surface area contributed by atoms with Crippen LogP contribution in [0.4, 0.5) is 27.8 Å². The molecule has 1 N–H and O–H groups in total. The number of hydrogen-bond acceptors (Lipinski definition) is 5. The Bertz CT molecular complexity index is 1150. The predicted molar refractivity (Wildman–Crippen MR) is 103 cm³/mol. The van der Waals surface area contributed by atoms with Crippen LogP contribution in [0, 0.1) is 11.6 Å². The molecule has 6 nitrogen and oxygen atoms in total. The Morgan fingerprint density at radius 3 is 2.65 bits per heavy atom. The van der Waals surface area contributed by atoms with Crippen LogP contribution < -0.4 is 4.90 Å². The second-order valence-corrected chi connectivity index (χ2v) is 7.31. The molecule has 0 saturated carbocycles. The first kappa shape index (κ1) is 21.3. The van der Waals surface area contributed by atoms with E-state index in [9.17, 15) is 27.1 Å². The van der Waals surface area contributed by atoms with Crippen LogP contribution >= 0.6 is 0 Å². The molecule has 1 aromatic carbocycles. The molecular weight excluding hydrogens is 423 g/mol. The summed E-state index contributed by atoms with van der Waals surface area (Å²) in [5.74, 6) is -4.65. The molecule has 1 atom stereocenters. The number of aryl methyl sites for hydroxylation is 1. The van der Waals surface area contributed by atoms with Gasteiger partial charge in [-0.3, -0.25) is 4.68 Å². The number of nitrogens with zero attached hydrogens (tertiary/aromatic N) is 4. The molecule has 4 rings (SSSR count). The second-order valence-electron chi connectivity index (χ2n) is 7.31. The van der Waals surface area contributed by atoms with E-state index in [1.807, 2.05) is 6.92 Å². The van der Waals surface area contributed by atoms with Crippen molar-refractivity contribution < 1.29 is 31.8 Å². The van der Waals surface area contributed by atoms with Gasteiger partial charge in [0.25, 0.3) is 0 Å². The van der Waals surface area contributed by atoms with Gasteiger partial charge in [0, 0.05) is 36.8 Å². The first-order chi connectivity index (χ1) is 14.6. The summed E-state index contributed by atoms with van der Waals surface area (Å²) in [6.45, 7) is 3.73. The standard InChI is InChI=1S/C20H19F5N4O2/c1-3-10-9-31-5-4-29(10)15-7-14-12(8-26-15)18(27-28(14)2)11-6-13(20(23,24)25)17(22)19(30)16(11)21/h6-8,10,30H,3-5,9H2,1-2H3. The van der Waals surface area contributed by atoms with Crippen molar-refractivity contribution in [3.8, 4) is 17.0 Å². The van der Waals surface area contributed by atoms with Crippen molar-refractivity contribution in [2.75, 3.05) is 24.7 Å². The number of aromatic nitrogens is 3. The van der Waals surface area contributed by atoms with Crippen LogP contribution in [0.2, 0.25) is 0 Å². The zero-order valence-corrected chi connectivity index (χ0v) is 16.7. The molecule has 166 valence electrons. The molecular formula is C20H19F5N4O2. The number of anilines is 1. The maximum atomic E-state index is 14.6. The third kappa shape index (κ3) is 3.56. The van der Waals surface area contributed by atoms with Gasteiger partial charge in [-0.05, 0) is 12.5 Å². The van der Waals surface area contributed by atoms with Crippen molar-refractivity contribution in [1.29, 1.82) is 0 Å². The van der Waals surface area contributed by atoms with Gasteiger partial charge in [-0.25, -0.2) is 13.8 Å². The van der Waals surface area contributed by atoms with Crippen LogP contribution in [0.25, 0.3) is 22.2 Å². The lowest BCUT2D eigenvalue weighted by atomic mass is 10.0. The number of pyridine rings is 1. The van der Waals surface area contributed by atoms with E-state index < -0.39 is 34.7 Å². The number of ether oxygens (including phenoxy) is 1. The van der Waals surface area contributed by atoms with Crippen molar-refractivity contribution in [1.82, 2.24) is 14.8 Å². The first-order valence-corrected chi connectivity index (χ1v) is 9.59. The van der Waals surface area contributed by atoms with E-state index >= 15 is 0 Å². The molecule has 3 aromatic rings. The van der Waals surface area contributed by atoms with Crippen LogP contribution in [0.5, 0.6) is 5.75 Å². The lowest BCUT2D eigenvalue weighted by Gasteiger charge is -2.36. The molecule has 1 fully saturated rings. The summed E-state index contributed by atoms with van der Waals surface area (Å²) in [4.78, 5) is 6.48. The zero-order valence-electron chi connectivity index (χ0n) is 16.7. The molecule has 0 radical (unpaired) electrons. The first-order valence-electron chi connectivity index (χ1n) is 9.59. The fraction of sp³-hybridized carbons (Fsp3) is 0.400. The van der Waals surface area contributed by atoms with Gasteiger partial charge in [0.2, 0.25) is 0 Å². The smallest absolute Gasteiger partial charge is 0.419 e. The van der Waals surface area contributed by atoms with E-state index in [4.69, 9.17) is 4.74 Å². The molecule has 3 heterocycles. The molecule has 2 aromatic heterocycles. The number of morpholine rings is 1. The Kier molecular flexibility index (Phi) is 5.24. The van der Waals surface area contributed by atoms with Crippen molar-refractivity contribution >= 4 is 16.7 Å². The lowest BCUT2D eigenvalue weighted by Crippen LogP contribution is -2.45. The average molecular weight is 442 g/mol. The Morgan fingerprint density at radius 1 is 1.23 bits per heavy atom. The zero-order chi connectivity index (χ0) is 22.5. The molecule has 0 spiro atoms. The topological polar surface area (TPSA) is 63.4 Å². The maximum Gasteiger partial charge on any atom is 0.419 e. The van der Waals surface area contributed by atoms with Gasteiger partial charge in [0.1, 0.15) is 11.5 Å². The molecule has 1 aliphatic rings. The number of phenols is 1. The Labute approximate surface area is 173 Å². The van der Waals surface area contributed by atoms with Crippen LogP contribution in [0.3, 0.4) is 0 Å². The number of phenolic OH excluding ortho intramolecular Hbond substituents is 1. The van der Waals surface area contributed by atoms with Crippen LogP contribution in [0.15, 0.2) is 18.3 Å². The number of fused-ring (bicyclic) bond motifs is 1. The molecule has 0 bridgehead atoms. The summed E-state index contributed by atoms with van der Waals surface area (Å²) in [6.07, 6.45) is -2.90. The van der Waals surface area contributed by atoms with Gasteiger partial charge in [-0.15, -0.1) is 0 Å². The summed E-state index contributed by atoms with van der Waals surface area (Å²) in [6, 6.07) is 2.15. The number of hydrogen-bond donors (Lipinski definition) is 1. The van der Waals surface area contributed by atoms with Crippen molar-refractivity contribution in [3.63, 3.8) is 0 Å². The molecule has 0 aliphatic carbocycles. The molecule has 11 heteroatoms. The summed E-state index contributed by atoms with van der Waals surface area (Å²) in [5.41, 5.74) is -2.12. The summed E-state index contributed by atoms with van der Waals surface area (Å²) in [5, 5.41) is 14.0. The SMILES string of the molecule is CCC1COCCN1c1cc2c(cn1)c(-c1cc(C(F)(F)F)c(F)c(O)c1F)nn2C. The van der Waals surface area contributed by atoms with Gasteiger partial charge in [-0.1, -0.05) is 6.92 Å². The molecule has 1 saturated heterocycles. The van der Waals surface area contributed by atoms with E-state index in [2.05, 4.69) is 15.0 Å². The molecule has 1 aliphatic heterocycles. The van der Waals surface area contributed by atoms with Crippen molar-refractivity contribution in [2.45, 2.75) is 25.6 Å². The number of alkyl halides is 3. The van der Waals surface area contributed by atoms with Gasteiger partial charge in [-0.2, -0.15) is 18.3 Å². The van der Waals surface area contributed by atoms with Gasteiger partial charge in [0.15, 0.2) is 17.4 Å². The van der Waals surface area contributed by atoms with Gasteiger partial charge < -0.3 is 14.7 Å². The summed E-state index contributed by atoms with van der Waals surface area (Å²) in [7, 11) is 1.55. The number of aromatic hydroxyl groups is 1. The van der Waals surface area contributed by atoms with Gasteiger partial charge in [0.05, 0.1) is 30.3 Å². The predicted octanol–water partition coefficient (Wildman–Crippen LogP) is 4.25. The Morgan fingerprint density at radius 2 is 1.97 bits per heavy atom. The van der Waals surface area contributed by atoms with Crippen LogP contribution in [0.1, 0.15) is 18.9 Å². The minimum absolute atomic E-state index is 0.118. The van der Waals surface area contributed by atoms with Crippen molar-refractivity contribution in [2.24, 2.45) is 7.05 Å². The molecule has 31 heavy (non-hydrogen) atoms. The Hall–Kier alpha value is -2.95. The maximum absolute atomic E-state index is 14.6. The highest BCUT2D eigenvalue weighted by Gasteiger charge is 2.38. The normalized spacial score (nSPS) is 17.5. The third-order valence-electron chi connectivity index (χ3n) is 5.45. The van der Waals surface area contributed by atoms with Crippen LogP contribution in [-0.2, 0) is 18.0 Å². The molecule has 1 unspecified atom stereocenters. The number of benzene rings is 1. The van der Waals surface area contributed by atoms with E-state index in [1.54, 1.807) is 13.1 Å². The van der Waals surface area contributed by atoms with E-state index in [0.29, 0.717) is 37.2 Å². The minimum Gasteiger partial charge on any atom is -0.503 e. The minimum atomic E-state index is -5.12. The highest BCUT2D eigenvalue weighted by atomic mass is 19.4. The lowest BCUT2D eigenvalue weighted by molar-refractivity contribution is -0.140. The summed E-state index contributed by atoms with van der Waals surface area (Å²) < 4.78 is 74.8. The van der Waals surface area contributed by atoms with E-state index in [0.717, 1.165) is 6.42 Å². The summed E-state index contributed by atoms with van der Waals surface area (Å²) >= 11 is 0. The monoisotopic (exact) mass is 442 g/mol. The van der Waals surface area contributed by atoms with Crippen LogP contribution in [-0.4, -0.2) is 45.7 Å². The van der Waals surface area contributed by atoms with E-state index in [-0.39, 0.29) is 17.1 Å². The fourth-order valence-corrected chi connectivity index (χ4v) is 3.79. The second kappa shape index (κ2) is 7.63. The average Bonchev–Trinajstić information content (AvgIpc) is 3.07. The highest BCUT2D eigenvalue weighted by Crippen LogP contribution is 2.41. The quantitative estimate of drug-likeness (QED) is 0.615. The number of rotatable bonds is 3. The van der Waals surface area contributed by atoms with Crippen molar-refractivity contribution in [3.05, 3.63) is 35.5 Å². The van der Waals surface area contributed by atoms with Gasteiger partial charge >= 0.3 is 6.18 Å². The van der Waals surface area contributed by atoms with E-state index in [1.165, 1.54) is 10.9 Å². The largest absolute Gasteiger partial charge is 0.503 e. The Balaban J connectivity index is 1.86.